The second-order valence-corrected chi connectivity index (χ2v) is 12.4. The maximum Gasteiger partial charge on any atom is 0.331 e. The van der Waals surface area contributed by atoms with Gasteiger partial charge in [-0.3, -0.25) is 4.79 Å². The van der Waals surface area contributed by atoms with Gasteiger partial charge in [0.15, 0.2) is 0 Å². The standard InChI is InChI=1S/C29H40O5/c1-26-13-7-6-11-23(30)34-22(18-26)25-27(2,21-9-4-5-10-21)14-8-15-28(25,3)29(26,32)16-12-20-17-24(31)33-19-20/h17,21-22,25,32H,4-6,8-12,14-16,18-19H2,1-3H3/t22-,25+,26+,27+,28+,29-/m1/s1. The van der Waals surface area contributed by atoms with Crippen molar-refractivity contribution in [3.8, 4) is 11.8 Å². The van der Waals surface area contributed by atoms with Crippen LogP contribution in [0.4, 0.5) is 0 Å². The van der Waals surface area contributed by atoms with Crippen molar-refractivity contribution in [2.24, 2.45) is 28.1 Å². The Morgan fingerprint density at radius 2 is 1.88 bits per heavy atom. The minimum Gasteiger partial charge on any atom is -0.462 e. The van der Waals surface area contributed by atoms with Crippen LogP contribution in [-0.2, 0) is 19.1 Å². The molecule has 5 aliphatic rings. The van der Waals surface area contributed by atoms with Gasteiger partial charge in [0, 0.05) is 30.3 Å². The zero-order valence-electron chi connectivity index (χ0n) is 21.1. The number of carbonyl (C=O) groups excluding carboxylic acids is 2. The van der Waals surface area contributed by atoms with E-state index in [2.05, 4.69) is 32.6 Å². The summed E-state index contributed by atoms with van der Waals surface area (Å²) in [4.78, 5) is 24.5. The number of aliphatic hydroxyl groups is 1. The highest BCUT2D eigenvalue weighted by atomic mass is 16.5. The first-order chi connectivity index (χ1) is 16.1. The number of fused-ring (bicyclic) bond motifs is 4. The van der Waals surface area contributed by atoms with Crippen LogP contribution in [0.1, 0.15) is 97.8 Å². The zero-order valence-corrected chi connectivity index (χ0v) is 21.1. The van der Waals surface area contributed by atoms with E-state index in [1.807, 2.05) is 0 Å². The molecule has 5 heteroatoms. The molecule has 6 atom stereocenters. The minimum atomic E-state index is -1.06. The maximum atomic E-state index is 12.9. The van der Waals surface area contributed by atoms with Crippen molar-refractivity contribution < 1.29 is 24.2 Å². The van der Waals surface area contributed by atoms with Crippen molar-refractivity contribution in [1.29, 1.82) is 0 Å². The molecule has 5 nitrogen and oxygen atoms in total. The monoisotopic (exact) mass is 468 g/mol. The van der Waals surface area contributed by atoms with Crippen molar-refractivity contribution in [2.75, 3.05) is 6.61 Å². The molecule has 3 fully saturated rings. The molecule has 0 aromatic rings. The summed E-state index contributed by atoms with van der Waals surface area (Å²) in [6, 6.07) is 0. The summed E-state index contributed by atoms with van der Waals surface area (Å²) >= 11 is 0. The Morgan fingerprint density at radius 1 is 1.12 bits per heavy atom. The molecule has 0 radical (unpaired) electrons. The average molecular weight is 469 g/mol. The van der Waals surface area contributed by atoms with E-state index in [1.54, 1.807) is 6.08 Å². The van der Waals surface area contributed by atoms with Crippen LogP contribution in [0.25, 0.3) is 0 Å². The van der Waals surface area contributed by atoms with Crippen molar-refractivity contribution in [2.45, 2.75) is 110 Å². The molecule has 34 heavy (non-hydrogen) atoms. The Labute approximate surface area is 204 Å². The van der Waals surface area contributed by atoms with Crippen LogP contribution in [0.5, 0.6) is 0 Å². The molecule has 5 rings (SSSR count). The van der Waals surface area contributed by atoms with Gasteiger partial charge in [0.2, 0.25) is 0 Å². The molecule has 3 saturated carbocycles. The molecule has 3 aliphatic carbocycles. The molecular weight excluding hydrogens is 428 g/mol. The van der Waals surface area contributed by atoms with E-state index < -0.39 is 16.4 Å². The molecule has 2 bridgehead atoms. The zero-order chi connectivity index (χ0) is 24.2. The van der Waals surface area contributed by atoms with Crippen LogP contribution in [0, 0.1) is 39.9 Å². The van der Waals surface area contributed by atoms with Gasteiger partial charge >= 0.3 is 11.9 Å². The Morgan fingerprint density at radius 3 is 2.59 bits per heavy atom. The lowest BCUT2D eigenvalue weighted by Crippen LogP contribution is -2.71. The summed E-state index contributed by atoms with van der Waals surface area (Å²) in [6.07, 6.45) is 11.9. The lowest BCUT2D eigenvalue weighted by atomic mass is 9.38. The predicted octanol–water partition coefficient (Wildman–Crippen LogP) is 5.10. The third-order valence-electron chi connectivity index (χ3n) is 10.6. The summed E-state index contributed by atoms with van der Waals surface area (Å²) in [5, 5.41) is 12.9. The largest absolute Gasteiger partial charge is 0.462 e. The van der Waals surface area contributed by atoms with E-state index in [-0.39, 0.29) is 29.4 Å². The Balaban J connectivity index is 1.61. The second kappa shape index (κ2) is 8.40. The van der Waals surface area contributed by atoms with E-state index >= 15 is 0 Å². The quantitative estimate of drug-likeness (QED) is 0.459. The van der Waals surface area contributed by atoms with Gasteiger partial charge in [-0.1, -0.05) is 39.0 Å². The first-order valence-corrected chi connectivity index (χ1v) is 13.4. The summed E-state index contributed by atoms with van der Waals surface area (Å²) in [5.74, 6) is 6.95. The number of carbonyl (C=O) groups is 2. The molecule has 0 aromatic heterocycles. The predicted molar refractivity (Wildman–Crippen MR) is 128 cm³/mol. The molecule has 186 valence electrons. The van der Waals surface area contributed by atoms with Crippen LogP contribution in [-0.4, -0.2) is 35.4 Å². The van der Waals surface area contributed by atoms with Gasteiger partial charge in [0.1, 0.15) is 12.7 Å². The summed E-state index contributed by atoms with van der Waals surface area (Å²) in [5.41, 5.74) is -1.22. The number of cyclic esters (lactones) is 1. The second-order valence-electron chi connectivity index (χ2n) is 12.4. The van der Waals surface area contributed by atoms with E-state index in [1.165, 1.54) is 25.7 Å². The maximum absolute atomic E-state index is 12.9. The molecule has 0 spiro atoms. The molecule has 0 amide bonds. The van der Waals surface area contributed by atoms with Gasteiger partial charge in [0.05, 0.1) is 17.4 Å². The highest BCUT2D eigenvalue weighted by Crippen LogP contribution is 2.70. The van der Waals surface area contributed by atoms with Gasteiger partial charge in [-0.2, -0.15) is 0 Å². The van der Waals surface area contributed by atoms with E-state index in [4.69, 9.17) is 9.47 Å². The lowest BCUT2D eigenvalue weighted by molar-refractivity contribution is -0.275. The third-order valence-corrected chi connectivity index (χ3v) is 10.6. The minimum absolute atomic E-state index is 0.0247. The van der Waals surface area contributed by atoms with Crippen molar-refractivity contribution in [3.05, 3.63) is 11.6 Å². The molecule has 2 aliphatic heterocycles. The van der Waals surface area contributed by atoms with Crippen molar-refractivity contribution in [3.63, 3.8) is 0 Å². The highest BCUT2D eigenvalue weighted by Gasteiger charge is 2.71. The number of esters is 2. The molecule has 1 N–H and O–H groups in total. The van der Waals surface area contributed by atoms with E-state index in [0.717, 1.165) is 24.8 Å². The normalized spacial score (nSPS) is 44.5. The van der Waals surface area contributed by atoms with Crippen molar-refractivity contribution in [1.82, 2.24) is 0 Å². The topological polar surface area (TPSA) is 72.8 Å². The Hall–Kier alpha value is -1.80. The smallest absolute Gasteiger partial charge is 0.331 e. The van der Waals surface area contributed by atoms with Crippen LogP contribution in [0.15, 0.2) is 11.6 Å². The molecule has 0 saturated heterocycles. The van der Waals surface area contributed by atoms with Crippen LogP contribution in [0.2, 0.25) is 0 Å². The molecule has 2 heterocycles. The van der Waals surface area contributed by atoms with Gasteiger partial charge < -0.3 is 14.6 Å². The van der Waals surface area contributed by atoms with Crippen molar-refractivity contribution >= 4 is 11.9 Å². The van der Waals surface area contributed by atoms with Crippen LogP contribution in [0.3, 0.4) is 0 Å². The van der Waals surface area contributed by atoms with E-state index in [9.17, 15) is 14.7 Å². The Kier molecular flexibility index (Phi) is 5.91. The lowest BCUT2D eigenvalue weighted by Gasteiger charge is -2.68. The van der Waals surface area contributed by atoms with E-state index in [0.29, 0.717) is 44.6 Å². The fraction of sp³-hybridized carbons (Fsp3) is 0.793. The molecular formula is C29H40O5. The van der Waals surface area contributed by atoms with Gasteiger partial charge in [-0.25, -0.2) is 4.79 Å². The average Bonchev–Trinajstić information content (AvgIpc) is 3.46. The first kappa shape index (κ1) is 23.9. The summed E-state index contributed by atoms with van der Waals surface area (Å²) in [7, 11) is 0. The SMILES string of the molecule is C[C@@]1(C2CCCC2)CCC[C@@]2(C)[C@H]1[C@H]1C[C@](C)(C#CCCC(=O)O1)[C@]2(O)CCC1=CC(=O)OC1. The van der Waals surface area contributed by atoms with Crippen LogP contribution < -0.4 is 0 Å². The number of ether oxygens (including phenoxy) is 2. The fourth-order valence-electron chi connectivity index (χ4n) is 8.91. The first-order valence-electron chi connectivity index (χ1n) is 13.4. The summed E-state index contributed by atoms with van der Waals surface area (Å²) in [6.45, 7) is 7.08. The summed E-state index contributed by atoms with van der Waals surface area (Å²) < 4.78 is 11.4. The van der Waals surface area contributed by atoms with Crippen LogP contribution >= 0.6 is 0 Å². The molecule has 0 unspecified atom stereocenters. The van der Waals surface area contributed by atoms with Gasteiger partial charge in [-0.15, -0.1) is 5.92 Å². The Bertz CT molecular complexity index is 951. The number of rotatable bonds is 4. The number of hydrogen-bond acceptors (Lipinski definition) is 5. The fourth-order valence-corrected chi connectivity index (χ4v) is 8.91. The molecule has 0 aromatic carbocycles. The number of hydrogen-bond donors (Lipinski definition) is 1. The van der Waals surface area contributed by atoms with Gasteiger partial charge in [0.25, 0.3) is 0 Å². The highest BCUT2D eigenvalue weighted by molar-refractivity contribution is 5.85. The third kappa shape index (κ3) is 3.55. The van der Waals surface area contributed by atoms with Gasteiger partial charge in [-0.05, 0) is 62.4 Å².